The molecule has 0 amide bonds. The highest BCUT2D eigenvalue weighted by atomic mass is 79.9. The van der Waals surface area contributed by atoms with E-state index in [9.17, 15) is 4.79 Å². The van der Waals surface area contributed by atoms with Gasteiger partial charge in [-0.3, -0.25) is 9.69 Å². The second-order valence-electron chi connectivity index (χ2n) is 4.49. The summed E-state index contributed by atoms with van der Waals surface area (Å²) in [4.78, 5) is 17.6. The molecular weight excluding hydrogens is 312 g/mol. The molecule has 0 radical (unpaired) electrons. The number of esters is 1. The smallest absolute Gasteiger partial charge is 0.308 e. The summed E-state index contributed by atoms with van der Waals surface area (Å²) >= 11 is 3.37. The van der Waals surface area contributed by atoms with Gasteiger partial charge in [0.2, 0.25) is 0 Å². The number of aromatic nitrogens is 1. The van der Waals surface area contributed by atoms with E-state index in [1.807, 2.05) is 12.1 Å². The van der Waals surface area contributed by atoms with Gasteiger partial charge in [0.25, 0.3) is 0 Å². The van der Waals surface area contributed by atoms with Crippen molar-refractivity contribution in [3.05, 3.63) is 28.5 Å². The number of rotatable bonds is 4. The van der Waals surface area contributed by atoms with Crippen molar-refractivity contribution < 1.29 is 14.3 Å². The summed E-state index contributed by atoms with van der Waals surface area (Å²) in [6.45, 7) is 3.10. The molecule has 0 saturated carbocycles. The fourth-order valence-corrected chi connectivity index (χ4v) is 2.53. The minimum Gasteiger partial charge on any atom is -0.469 e. The summed E-state index contributed by atoms with van der Waals surface area (Å²) in [5, 5.41) is 0. The zero-order chi connectivity index (χ0) is 13.7. The van der Waals surface area contributed by atoms with Crippen LogP contribution in [0.1, 0.15) is 12.0 Å². The van der Waals surface area contributed by atoms with Crippen molar-refractivity contribution in [2.24, 2.45) is 0 Å². The summed E-state index contributed by atoms with van der Waals surface area (Å²) in [5.41, 5.74) is 1.19. The van der Waals surface area contributed by atoms with Crippen LogP contribution in [0.3, 0.4) is 0 Å². The first-order chi connectivity index (χ1) is 9.17. The van der Waals surface area contributed by atoms with Gasteiger partial charge in [0, 0.05) is 25.8 Å². The van der Waals surface area contributed by atoms with E-state index in [-0.39, 0.29) is 12.1 Å². The Morgan fingerprint density at radius 1 is 1.68 bits per heavy atom. The quantitative estimate of drug-likeness (QED) is 0.620. The molecule has 19 heavy (non-hydrogen) atoms. The third-order valence-corrected chi connectivity index (χ3v) is 3.48. The number of hydrogen-bond donors (Lipinski definition) is 0. The van der Waals surface area contributed by atoms with Gasteiger partial charge in [-0.1, -0.05) is 0 Å². The van der Waals surface area contributed by atoms with Crippen LogP contribution in [0.5, 0.6) is 0 Å². The summed E-state index contributed by atoms with van der Waals surface area (Å²) in [7, 11) is 1.40. The molecule has 5 nitrogen and oxygen atoms in total. The molecule has 1 aromatic rings. The number of carbonyl (C=O) groups is 1. The number of morpholine rings is 1. The minimum absolute atomic E-state index is 0.0773. The topological polar surface area (TPSA) is 51.7 Å². The molecule has 2 rings (SSSR count). The van der Waals surface area contributed by atoms with Gasteiger partial charge in [-0.2, -0.15) is 0 Å². The Bertz CT molecular complexity index is 442. The largest absolute Gasteiger partial charge is 0.469 e. The number of nitrogens with zero attached hydrogens (tertiary/aromatic N) is 2. The van der Waals surface area contributed by atoms with E-state index in [1.54, 1.807) is 6.20 Å². The van der Waals surface area contributed by atoms with Gasteiger partial charge < -0.3 is 9.47 Å². The maximum Gasteiger partial charge on any atom is 0.308 e. The SMILES string of the molecule is COC(=O)C[C@@H]1CN(Cc2ccnc(Br)c2)CCO1. The van der Waals surface area contributed by atoms with E-state index in [2.05, 4.69) is 30.6 Å². The lowest BCUT2D eigenvalue weighted by molar-refractivity contribution is -0.145. The van der Waals surface area contributed by atoms with Crippen molar-refractivity contribution in [1.29, 1.82) is 0 Å². The van der Waals surface area contributed by atoms with E-state index >= 15 is 0 Å². The zero-order valence-corrected chi connectivity index (χ0v) is 12.4. The minimum atomic E-state index is -0.224. The molecule has 1 atom stereocenters. The third-order valence-electron chi connectivity index (χ3n) is 3.04. The van der Waals surface area contributed by atoms with Gasteiger partial charge in [0.15, 0.2) is 0 Å². The first-order valence-electron chi connectivity index (χ1n) is 6.18. The Kier molecular flexibility index (Phi) is 5.30. The van der Waals surface area contributed by atoms with Crippen LogP contribution in [0, 0.1) is 0 Å². The molecule has 104 valence electrons. The monoisotopic (exact) mass is 328 g/mol. The van der Waals surface area contributed by atoms with Gasteiger partial charge in [0.1, 0.15) is 4.60 Å². The molecule has 1 aliphatic heterocycles. The van der Waals surface area contributed by atoms with Crippen molar-refractivity contribution in [3.8, 4) is 0 Å². The Hall–Kier alpha value is -0.980. The highest BCUT2D eigenvalue weighted by molar-refractivity contribution is 9.10. The fraction of sp³-hybridized carbons (Fsp3) is 0.538. The molecule has 0 aromatic carbocycles. The molecule has 1 saturated heterocycles. The fourth-order valence-electron chi connectivity index (χ4n) is 2.12. The number of hydrogen-bond acceptors (Lipinski definition) is 5. The van der Waals surface area contributed by atoms with Gasteiger partial charge in [-0.25, -0.2) is 4.98 Å². The van der Waals surface area contributed by atoms with Gasteiger partial charge in [0.05, 0.1) is 26.2 Å². The van der Waals surface area contributed by atoms with Crippen LogP contribution < -0.4 is 0 Å². The molecule has 0 unspecified atom stereocenters. The van der Waals surface area contributed by atoms with E-state index in [1.165, 1.54) is 12.7 Å². The zero-order valence-electron chi connectivity index (χ0n) is 10.8. The van der Waals surface area contributed by atoms with Crippen molar-refractivity contribution >= 4 is 21.9 Å². The van der Waals surface area contributed by atoms with Crippen LogP contribution >= 0.6 is 15.9 Å². The first-order valence-corrected chi connectivity index (χ1v) is 6.98. The molecule has 1 aromatic heterocycles. The number of halogens is 1. The lowest BCUT2D eigenvalue weighted by Crippen LogP contribution is -2.42. The molecule has 6 heteroatoms. The van der Waals surface area contributed by atoms with Gasteiger partial charge in [-0.15, -0.1) is 0 Å². The van der Waals surface area contributed by atoms with E-state index in [0.29, 0.717) is 13.0 Å². The highest BCUT2D eigenvalue weighted by Gasteiger charge is 2.23. The highest BCUT2D eigenvalue weighted by Crippen LogP contribution is 2.14. The molecule has 0 N–H and O–H groups in total. The molecule has 0 aliphatic carbocycles. The first kappa shape index (κ1) is 14.4. The summed E-state index contributed by atoms with van der Waals surface area (Å²) in [5.74, 6) is -0.224. The maximum absolute atomic E-state index is 11.3. The lowest BCUT2D eigenvalue weighted by Gasteiger charge is -2.32. The summed E-state index contributed by atoms with van der Waals surface area (Å²) in [6, 6.07) is 4.00. The van der Waals surface area contributed by atoms with Crippen LogP contribution in [0.15, 0.2) is 22.9 Å². The standard InChI is InChI=1S/C13H17BrN2O3/c1-18-13(17)7-11-9-16(4-5-19-11)8-10-2-3-15-12(14)6-10/h2-3,6,11H,4-5,7-9H2,1H3/t11-/m1/s1. The average Bonchev–Trinajstić information content (AvgIpc) is 2.39. The Morgan fingerprint density at radius 3 is 3.26 bits per heavy atom. The normalized spacial score (nSPS) is 20.2. The Morgan fingerprint density at radius 2 is 2.53 bits per heavy atom. The van der Waals surface area contributed by atoms with Crippen LogP contribution in [-0.4, -0.2) is 48.8 Å². The Balaban J connectivity index is 1.89. The van der Waals surface area contributed by atoms with Crippen molar-refractivity contribution in [2.75, 3.05) is 26.8 Å². The van der Waals surface area contributed by atoms with Crippen molar-refractivity contribution in [1.82, 2.24) is 9.88 Å². The molecular formula is C13H17BrN2O3. The second-order valence-corrected chi connectivity index (χ2v) is 5.31. The summed E-state index contributed by atoms with van der Waals surface area (Å²) in [6.07, 6.45) is 2.02. The predicted molar refractivity (Wildman–Crippen MR) is 73.6 cm³/mol. The van der Waals surface area contributed by atoms with E-state index in [0.717, 1.165) is 24.2 Å². The molecule has 0 spiro atoms. The Labute approximate surface area is 121 Å². The summed E-state index contributed by atoms with van der Waals surface area (Å²) < 4.78 is 11.1. The second kappa shape index (κ2) is 6.98. The molecule has 0 bridgehead atoms. The number of ether oxygens (including phenoxy) is 2. The van der Waals surface area contributed by atoms with E-state index in [4.69, 9.17) is 4.74 Å². The van der Waals surface area contributed by atoms with Crippen LogP contribution in [0.2, 0.25) is 0 Å². The van der Waals surface area contributed by atoms with Crippen molar-refractivity contribution in [2.45, 2.75) is 19.1 Å². The van der Waals surface area contributed by atoms with Crippen molar-refractivity contribution in [3.63, 3.8) is 0 Å². The lowest BCUT2D eigenvalue weighted by atomic mass is 10.2. The van der Waals surface area contributed by atoms with E-state index < -0.39 is 0 Å². The average molecular weight is 329 g/mol. The van der Waals surface area contributed by atoms with Crippen LogP contribution in [0.4, 0.5) is 0 Å². The van der Waals surface area contributed by atoms with Crippen LogP contribution in [0.25, 0.3) is 0 Å². The van der Waals surface area contributed by atoms with Crippen LogP contribution in [-0.2, 0) is 20.8 Å². The third kappa shape index (κ3) is 4.56. The number of pyridine rings is 1. The number of methoxy groups -OCH3 is 1. The molecule has 2 heterocycles. The molecule has 1 fully saturated rings. The van der Waals surface area contributed by atoms with Gasteiger partial charge >= 0.3 is 5.97 Å². The van der Waals surface area contributed by atoms with Gasteiger partial charge in [-0.05, 0) is 33.6 Å². The number of carbonyl (C=O) groups excluding carboxylic acids is 1. The predicted octanol–water partition coefficient (Wildman–Crippen LogP) is 1.61. The molecule has 1 aliphatic rings. The maximum atomic E-state index is 11.3.